The zero-order chi connectivity index (χ0) is 8.77. The van der Waals surface area contributed by atoms with Crippen LogP contribution < -0.4 is 744 Å². The van der Waals surface area contributed by atoms with Gasteiger partial charge in [-0.25, -0.2) is 13.1 Å². The first-order valence-corrected chi connectivity index (χ1v) is 4.76. The maximum atomic E-state index is 11.1. The van der Waals surface area contributed by atoms with Crippen molar-refractivity contribution in [3.05, 3.63) is 29.8 Å². The molecule has 0 saturated heterocycles. The predicted molar refractivity (Wildman–Crippen MR) is 68.9 cm³/mol. The minimum absolute atomic E-state index is 0. The topological polar surface area (TPSA) is 63.2 Å². The average Bonchev–Trinajstić information content (AvgIpc) is 2.25. The molecule has 0 bridgehead atoms. The smallest absolute Gasteiger partial charge is 1.00 e. The number of rotatable bonds is 0. The fourth-order valence-corrected chi connectivity index (χ4v) is 2.29. The summed E-state index contributed by atoms with van der Waals surface area (Å²) < 4.78 is 24.2. The van der Waals surface area contributed by atoms with Gasteiger partial charge in [0.15, 0.2) is 0 Å². The van der Waals surface area contributed by atoms with Crippen molar-refractivity contribution >= 4 is 15.9 Å². The maximum absolute atomic E-state index is 11.1. The van der Waals surface area contributed by atoms with Crippen LogP contribution in [0, 0.1) is 0 Å². The molecule has 0 unspecified atom stereocenters. The van der Waals surface area contributed by atoms with Gasteiger partial charge in [-0.15, -0.1) is 0 Å². The Bertz CT molecular complexity index is 543. The van der Waals surface area contributed by atoms with Gasteiger partial charge in [-0.1, -0.05) is 12.1 Å². The third-order valence-corrected chi connectivity index (χ3v) is 3.04. The molecule has 1 heterocycles. The summed E-state index contributed by atoms with van der Waals surface area (Å²) in [5.41, 5.74) is 0.220. The van der Waals surface area contributed by atoms with E-state index in [0.717, 1.165) is 0 Å². The minimum Gasteiger partial charge on any atom is -1.00 e. The molecule has 0 atom stereocenters. The van der Waals surface area contributed by atoms with Crippen molar-refractivity contribution in [2.45, 2.75) is 4.90 Å². The second kappa shape index (κ2) is 108. The zero-order valence-corrected chi connectivity index (χ0v) is 81.8. The molecule has 0 saturated carbocycles. The molecule has 112 valence electrons. The Morgan fingerprint density at radius 3 is 0.865 bits per heavy atom. The van der Waals surface area contributed by atoms with E-state index >= 15 is 0 Å². The summed E-state index contributed by atoms with van der Waals surface area (Å²) in [7, 11) is -3.55. The molecular weight excluding hydrogens is 753 g/mol. The molecule has 2 rings (SSSR count). The number of fused-ring (bicyclic) bond motifs is 1. The Hall–Kier alpha value is 23.6. The van der Waals surface area contributed by atoms with Crippen LogP contribution in [0.4, 0.5) is 0 Å². The van der Waals surface area contributed by atoms with Gasteiger partial charge in [-0.3, -0.25) is 4.79 Å². The summed E-state index contributed by atoms with van der Waals surface area (Å²) in [6, 6.07) is 6.09. The molecule has 0 aromatic heterocycles. The number of benzene rings is 1. The van der Waals surface area contributed by atoms with Gasteiger partial charge in [0.05, 0.1) is 5.56 Å². The molecule has 1 amide bonds. The summed E-state index contributed by atoms with van der Waals surface area (Å²) in [6.07, 6.45) is 0. The molecular formula is C7H30NNa25O3S. The molecule has 1 aromatic carbocycles. The van der Waals surface area contributed by atoms with Crippen LogP contribution in [0.1, 0.15) is 46.0 Å². The van der Waals surface area contributed by atoms with E-state index in [2.05, 4.69) is 0 Å². The Morgan fingerprint density at radius 2 is 0.649 bits per heavy atom. The number of carbonyl (C=O) groups is 1. The quantitative estimate of drug-likeness (QED) is 0.267. The van der Waals surface area contributed by atoms with Crippen LogP contribution in [0.2, 0.25) is 0 Å². The van der Waals surface area contributed by atoms with Gasteiger partial charge in [-0.05, 0) is 12.1 Å². The SMILES string of the molecule is O=C1NS(=O)(=O)c2ccccc21.[H-].[H-].[H-].[H-].[H-].[H-].[H-].[H-].[H-].[H-].[H-].[H-].[H-].[H-].[H-].[H-].[H-].[H-].[H-].[H-].[H-].[H-].[H-].[H-].[H-].[Na+].[Na+].[Na+].[Na+].[Na+].[Na+].[Na+].[Na+].[Na+].[Na+].[Na+].[Na+].[Na+].[Na+].[Na+].[Na+].[Na+].[Na+].[Na+].[Na+].[Na+].[Na+].[Na+].[Na+].[Na+]. The Kier molecular flexibility index (Phi) is 468. The van der Waals surface area contributed by atoms with Crippen LogP contribution in [0.15, 0.2) is 29.2 Å². The molecule has 1 N–H and O–H groups in total. The molecule has 4 nitrogen and oxygen atoms in total. The third-order valence-electron chi connectivity index (χ3n) is 1.65. The average molecular weight is 783 g/mol. The van der Waals surface area contributed by atoms with Gasteiger partial charge < -0.3 is 35.7 Å². The molecule has 37 heavy (non-hydrogen) atoms. The van der Waals surface area contributed by atoms with Crippen LogP contribution in [0.5, 0.6) is 0 Å². The van der Waals surface area contributed by atoms with Crippen LogP contribution >= 0.6 is 0 Å². The van der Waals surface area contributed by atoms with E-state index < -0.39 is 15.9 Å². The summed E-state index contributed by atoms with van der Waals surface area (Å²) in [5.74, 6) is -0.550. The summed E-state index contributed by atoms with van der Waals surface area (Å²) >= 11 is 0. The first kappa shape index (κ1) is 161. The summed E-state index contributed by atoms with van der Waals surface area (Å²) in [4.78, 5) is 11.1. The molecule has 0 aliphatic carbocycles. The monoisotopic (exact) mass is 783 g/mol. The van der Waals surface area contributed by atoms with Crippen molar-refractivity contribution < 1.29 is 788 Å². The van der Waals surface area contributed by atoms with E-state index in [1.165, 1.54) is 12.1 Å². The van der Waals surface area contributed by atoms with Gasteiger partial charge >= 0.3 is 739 Å². The van der Waals surface area contributed by atoms with Gasteiger partial charge in [0.25, 0.3) is 15.9 Å². The standard InChI is InChI=1S/C7H5NO3S.25Na.25H/c9-7-5-3-1-2-4-6(5)12(10,11)8-7;;;;;;;;;;;;;;;;;;;;;;;;;;;;;;;;;;;;;;;;;;;;;;;;;;/h1-4H,(H,8,9);;;;;;;;;;;;;;;;;;;;;;;;;;;;;;;;;;;;;;;;;;;;;;;;;;/q;25*+1;25*-1. The number of amides is 1. The van der Waals surface area contributed by atoms with Crippen LogP contribution in [-0.2, 0) is 10.0 Å². The van der Waals surface area contributed by atoms with Crippen LogP contribution in [-0.4, -0.2) is 14.3 Å². The van der Waals surface area contributed by atoms with Crippen molar-refractivity contribution in [1.82, 2.24) is 4.72 Å². The first-order valence-electron chi connectivity index (χ1n) is 3.27. The van der Waals surface area contributed by atoms with E-state index in [4.69, 9.17) is 0 Å². The first-order chi connectivity index (χ1) is 5.61. The van der Waals surface area contributed by atoms with Crippen molar-refractivity contribution in [3.8, 4) is 0 Å². The Labute approximate surface area is 817 Å². The van der Waals surface area contributed by atoms with Crippen molar-refractivity contribution in [3.63, 3.8) is 0 Å². The zero-order valence-electron chi connectivity index (χ0n) is 55.9. The second-order valence-electron chi connectivity index (χ2n) is 2.43. The van der Waals surface area contributed by atoms with Crippen LogP contribution in [0.25, 0.3) is 0 Å². The van der Waals surface area contributed by atoms with Gasteiger partial charge in [-0.2, -0.15) is 0 Å². The normalized spacial score (nSPS) is 6.00. The Balaban J connectivity index is -0.000000000719. The van der Waals surface area contributed by atoms with Crippen molar-refractivity contribution in [2.75, 3.05) is 0 Å². The predicted octanol–water partition coefficient (Wildman–Crippen LogP) is -72.0. The number of nitrogens with one attached hydrogen (secondary N) is 1. The second-order valence-corrected chi connectivity index (χ2v) is 4.08. The minimum atomic E-state index is -3.55. The molecule has 0 fully saturated rings. The van der Waals surface area contributed by atoms with Gasteiger partial charge in [0, 0.05) is 0 Å². The number of hydrogen-bond donors (Lipinski definition) is 1. The summed E-state index contributed by atoms with van der Waals surface area (Å²) in [6.45, 7) is 0. The van der Waals surface area contributed by atoms with E-state index in [1.807, 2.05) is 4.72 Å². The molecule has 1 aliphatic rings. The molecule has 1 aromatic rings. The van der Waals surface area contributed by atoms with Gasteiger partial charge in [0.2, 0.25) is 0 Å². The fraction of sp³-hybridized carbons (Fsp3) is 0. The maximum Gasteiger partial charge on any atom is 1.00 e. The largest absolute Gasteiger partial charge is 1.00 e. The molecule has 0 spiro atoms. The summed E-state index contributed by atoms with van der Waals surface area (Å²) in [5, 5.41) is 0. The Morgan fingerprint density at radius 1 is 0.432 bits per heavy atom. The third kappa shape index (κ3) is 80.4. The van der Waals surface area contributed by atoms with Crippen molar-refractivity contribution in [1.29, 1.82) is 0 Å². The number of sulfonamides is 1. The van der Waals surface area contributed by atoms with E-state index in [0.29, 0.717) is 0 Å². The molecule has 1 aliphatic heterocycles. The molecule has 30 heteroatoms. The van der Waals surface area contributed by atoms with E-state index in [-0.39, 0.29) is 785 Å². The van der Waals surface area contributed by atoms with Crippen molar-refractivity contribution in [2.24, 2.45) is 0 Å². The van der Waals surface area contributed by atoms with E-state index in [1.54, 1.807) is 12.1 Å². The molecule has 0 radical (unpaired) electrons. The van der Waals surface area contributed by atoms with E-state index in [9.17, 15) is 13.2 Å². The van der Waals surface area contributed by atoms with Gasteiger partial charge in [0.1, 0.15) is 4.90 Å². The van der Waals surface area contributed by atoms with Crippen LogP contribution in [0.3, 0.4) is 0 Å². The fourth-order valence-electron chi connectivity index (χ4n) is 1.12. The number of hydrogen-bond acceptors (Lipinski definition) is 3. The number of carbonyl (C=O) groups excluding carboxylic acids is 1.